The molecule has 1 atom stereocenters. The lowest BCUT2D eigenvalue weighted by Crippen LogP contribution is -2.51. The van der Waals surface area contributed by atoms with E-state index in [0.717, 1.165) is 21.9 Å². The summed E-state index contributed by atoms with van der Waals surface area (Å²) in [4.78, 5) is 28.1. The first-order valence-electron chi connectivity index (χ1n) is 12.1. The number of sulfonamides is 1. The number of amides is 2. The van der Waals surface area contributed by atoms with Crippen LogP contribution >= 0.6 is 11.6 Å². The lowest BCUT2D eigenvalue weighted by molar-refractivity contribution is -0.139. The van der Waals surface area contributed by atoms with Crippen molar-refractivity contribution >= 4 is 39.1 Å². The van der Waals surface area contributed by atoms with Crippen LogP contribution < -0.4 is 9.62 Å². The van der Waals surface area contributed by atoms with Gasteiger partial charge in [-0.25, -0.2) is 8.42 Å². The normalized spacial score (nSPS) is 12.0. The van der Waals surface area contributed by atoms with Crippen LogP contribution in [0.15, 0.2) is 83.8 Å². The van der Waals surface area contributed by atoms with Crippen LogP contribution in [0.1, 0.15) is 31.4 Å². The zero-order valence-electron chi connectivity index (χ0n) is 21.2. The highest BCUT2D eigenvalue weighted by Gasteiger charge is 2.32. The summed E-state index contributed by atoms with van der Waals surface area (Å²) in [5.41, 5.74) is 1.99. The Bertz CT molecular complexity index is 1310. The van der Waals surface area contributed by atoms with Crippen LogP contribution in [-0.2, 0) is 26.2 Å². The van der Waals surface area contributed by atoms with Gasteiger partial charge in [0.05, 0.1) is 10.6 Å². The van der Waals surface area contributed by atoms with Crippen molar-refractivity contribution in [1.82, 2.24) is 10.2 Å². The average molecular weight is 542 g/mol. The summed E-state index contributed by atoms with van der Waals surface area (Å²) < 4.78 is 28.5. The van der Waals surface area contributed by atoms with Gasteiger partial charge in [-0.05, 0) is 62.2 Å². The van der Waals surface area contributed by atoms with E-state index in [1.165, 1.54) is 17.0 Å². The molecule has 0 spiro atoms. The van der Waals surface area contributed by atoms with Crippen LogP contribution in [0.2, 0.25) is 5.02 Å². The van der Waals surface area contributed by atoms with Crippen molar-refractivity contribution in [3.63, 3.8) is 0 Å². The maximum atomic E-state index is 13.8. The number of nitrogens with zero attached hydrogens (tertiary/aromatic N) is 2. The van der Waals surface area contributed by atoms with Gasteiger partial charge in [-0.3, -0.25) is 13.9 Å². The lowest BCUT2D eigenvalue weighted by Gasteiger charge is -2.32. The molecule has 1 N–H and O–H groups in total. The van der Waals surface area contributed by atoms with E-state index in [2.05, 4.69) is 5.32 Å². The Labute approximate surface area is 224 Å². The van der Waals surface area contributed by atoms with Gasteiger partial charge in [0.1, 0.15) is 12.6 Å². The van der Waals surface area contributed by atoms with Gasteiger partial charge < -0.3 is 10.2 Å². The molecule has 3 aromatic rings. The van der Waals surface area contributed by atoms with Gasteiger partial charge >= 0.3 is 0 Å². The fraction of sp³-hybridized carbons (Fsp3) is 0.286. The summed E-state index contributed by atoms with van der Waals surface area (Å²) in [5, 5.41) is 3.32. The molecule has 9 heteroatoms. The first-order chi connectivity index (χ1) is 17.6. The number of hydrogen-bond donors (Lipinski definition) is 1. The van der Waals surface area contributed by atoms with Crippen LogP contribution in [-0.4, -0.2) is 44.3 Å². The molecule has 0 fully saturated rings. The second-order valence-corrected chi connectivity index (χ2v) is 11.1. The maximum Gasteiger partial charge on any atom is 0.264 e. The van der Waals surface area contributed by atoms with Gasteiger partial charge in [0.2, 0.25) is 11.8 Å². The minimum absolute atomic E-state index is 0.0740. The molecular formula is C28H32ClN3O4S. The van der Waals surface area contributed by atoms with Crippen molar-refractivity contribution in [2.24, 2.45) is 0 Å². The molecule has 0 aromatic heterocycles. The molecule has 0 aliphatic heterocycles. The fourth-order valence-corrected chi connectivity index (χ4v) is 5.40. The Morgan fingerprint density at radius 1 is 0.973 bits per heavy atom. The molecule has 7 nitrogen and oxygen atoms in total. The number of carbonyl (C=O) groups excluding carboxylic acids is 2. The predicted octanol–water partition coefficient (Wildman–Crippen LogP) is 4.79. The van der Waals surface area contributed by atoms with Crippen LogP contribution in [0.5, 0.6) is 0 Å². The summed E-state index contributed by atoms with van der Waals surface area (Å²) in [6.45, 7) is 5.52. The fourth-order valence-electron chi connectivity index (χ4n) is 3.77. The van der Waals surface area contributed by atoms with Crippen molar-refractivity contribution in [3.05, 3.63) is 95.0 Å². The number of carbonyl (C=O) groups is 2. The first kappa shape index (κ1) is 28.2. The third-order valence-electron chi connectivity index (χ3n) is 5.89. The van der Waals surface area contributed by atoms with Crippen molar-refractivity contribution in [3.8, 4) is 0 Å². The number of para-hydroxylation sites is 1. The van der Waals surface area contributed by atoms with Gasteiger partial charge in [0.25, 0.3) is 10.0 Å². The highest BCUT2D eigenvalue weighted by Crippen LogP contribution is 2.25. The molecule has 0 aliphatic carbocycles. The number of rotatable bonds is 11. The monoisotopic (exact) mass is 541 g/mol. The summed E-state index contributed by atoms with van der Waals surface area (Å²) in [7, 11) is -4.07. The Morgan fingerprint density at radius 3 is 2.27 bits per heavy atom. The van der Waals surface area contributed by atoms with Crippen LogP contribution in [0.3, 0.4) is 0 Å². The predicted molar refractivity (Wildman–Crippen MR) is 147 cm³/mol. The number of anilines is 1. The number of nitrogens with one attached hydrogen (secondary N) is 1. The molecule has 0 unspecified atom stereocenters. The van der Waals surface area contributed by atoms with Crippen LogP contribution in [0.4, 0.5) is 5.69 Å². The number of benzene rings is 3. The summed E-state index contributed by atoms with van der Waals surface area (Å²) >= 11 is 6.15. The molecule has 0 radical (unpaired) electrons. The topological polar surface area (TPSA) is 86.8 Å². The summed E-state index contributed by atoms with van der Waals surface area (Å²) in [6.07, 6.45) is 0.747. The molecule has 0 aliphatic rings. The Hall–Kier alpha value is -3.36. The van der Waals surface area contributed by atoms with Gasteiger partial charge in [-0.15, -0.1) is 0 Å². The molecular weight excluding hydrogens is 510 g/mol. The summed E-state index contributed by atoms with van der Waals surface area (Å²) in [6, 6.07) is 21.1. The van der Waals surface area contributed by atoms with Gasteiger partial charge in [0.15, 0.2) is 0 Å². The van der Waals surface area contributed by atoms with Crippen molar-refractivity contribution in [1.29, 1.82) is 0 Å². The zero-order chi connectivity index (χ0) is 27.0. The van der Waals surface area contributed by atoms with Gasteiger partial charge in [-0.1, -0.05) is 66.6 Å². The molecule has 0 bridgehead atoms. The molecule has 3 aromatic carbocycles. The molecule has 0 saturated heterocycles. The van der Waals surface area contributed by atoms with Crippen LogP contribution in [0, 0.1) is 6.92 Å². The van der Waals surface area contributed by atoms with Crippen molar-refractivity contribution < 1.29 is 18.0 Å². The molecule has 0 saturated carbocycles. The largest absolute Gasteiger partial charge is 0.354 e. The third kappa shape index (κ3) is 7.33. The Balaban J connectivity index is 1.99. The highest BCUT2D eigenvalue weighted by molar-refractivity contribution is 7.92. The molecule has 196 valence electrons. The molecule has 37 heavy (non-hydrogen) atoms. The van der Waals surface area contributed by atoms with E-state index in [0.29, 0.717) is 17.3 Å². The Kier molecular flexibility index (Phi) is 9.72. The first-order valence-corrected chi connectivity index (χ1v) is 13.9. The Morgan fingerprint density at radius 2 is 1.65 bits per heavy atom. The minimum atomic E-state index is -4.07. The van der Waals surface area contributed by atoms with E-state index in [1.807, 2.05) is 13.8 Å². The molecule has 2 amide bonds. The highest BCUT2D eigenvalue weighted by atomic mass is 35.5. The SMILES string of the molecule is CCCNC(=O)[C@H](C)N(Cc1cccc(Cl)c1)C(=O)CN(c1ccccc1)S(=O)(=O)c1ccc(C)cc1. The quantitative estimate of drug-likeness (QED) is 0.378. The van der Waals surface area contributed by atoms with E-state index in [-0.39, 0.29) is 17.3 Å². The number of halogens is 1. The third-order valence-corrected chi connectivity index (χ3v) is 7.91. The van der Waals surface area contributed by atoms with Gasteiger partial charge in [-0.2, -0.15) is 0 Å². The second-order valence-electron chi connectivity index (χ2n) is 8.78. The van der Waals surface area contributed by atoms with E-state index in [4.69, 9.17) is 11.6 Å². The van der Waals surface area contributed by atoms with E-state index in [1.54, 1.807) is 73.7 Å². The van der Waals surface area contributed by atoms with Crippen molar-refractivity contribution in [2.75, 3.05) is 17.4 Å². The van der Waals surface area contributed by atoms with E-state index < -0.39 is 28.5 Å². The number of aryl methyl sites for hydroxylation is 1. The van der Waals surface area contributed by atoms with Crippen molar-refractivity contribution in [2.45, 2.75) is 44.7 Å². The minimum Gasteiger partial charge on any atom is -0.354 e. The standard InChI is InChI=1S/C28H32ClN3O4S/c1-4-17-30-28(34)22(3)31(19-23-9-8-10-24(29)18-23)27(33)20-32(25-11-6-5-7-12-25)37(35,36)26-15-13-21(2)14-16-26/h5-16,18,22H,4,17,19-20H2,1-3H3,(H,30,34)/t22-/m0/s1. The molecule has 3 rings (SSSR count). The average Bonchev–Trinajstić information content (AvgIpc) is 2.89. The summed E-state index contributed by atoms with van der Waals surface area (Å²) in [5.74, 6) is -0.830. The van der Waals surface area contributed by atoms with E-state index in [9.17, 15) is 18.0 Å². The van der Waals surface area contributed by atoms with E-state index >= 15 is 0 Å². The lowest BCUT2D eigenvalue weighted by atomic mass is 10.1. The second kappa shape index (κ2) is 12.7. The maximum absolute atomic E-state index is 13.8. The van der Waals surface area contributed by atoms with Crippen LogP contribution in [0.25, 0.3) is 0 Å². The molecule has 0 heterocycles. The zero-order valence-corrected chi connectivity index (χ0v) is 22.8. The smallest absolute Gasteiger partial charge is 0.264 e. The van der Waals surface area contributed by atoms with Gasteiger partial charge in [0, 0.05) is 18.1 Å². The number of hydrogen-bond acceptors (Lipinski definition) is 4.